The number of H-pyrrole nitrogens is 1. The summed E-state index contributed by atoms with van der Waals surface area (Å²) in [5, 5.41) is 8.10. The minimum atomic E-state index is -0.0977. The number of hydrogen-bond donors (Lipinski definition) is 2. The molecular formula is C19H17N5O. The molecule has 0 bridgehead atoms. The van der Waals surface area contributed by atoms with Gasteiger partial charge in [0.2, 0.25) is 0 Å². The summed E-state index contributed by atoms with van der Waals surface area (Å²) >= 11 is 0. The quantitative estimate of drug-likeness (QED) is 0.604. The van der Waals surface area contributed by atoms with Crippen LogP contribution in [0.4, 0.5) is 0 Å². The Bertz CT molecular complexity index is 1030. The first-order valence-corrected chi connectivity index (χ1v) is 7.98. The predicted octanol–water partition coefficient (Wildman–Crippen LogP) is 2.89. The first kappa shape index (κ1) is 15.1. The van der Waals surface area contributed by atoms with Crippen LogP contribution in [0.3, 0.4) is 0 Å². The maximum absolute atomic E-state index is 12.3. The maximum Gasteiger partial charge on any atom is 0.251 e. The maximum atomic E-state index is 12.3. The van der Waals surface area contributed by atoms with Gasteiger partial charge in [0.05, 0.1) is 11.9 Å². The Hall–Kier alpha value is -3.41. The van der Waals surface area contributed by atoms with Crippen molar-refractivity contribution in [2.24, 2.45) is 7.05 Å². The van der Waals surface area contributed by atoms with Crippen molar-refractivity contribution in [2.75, 3.05) is 0 Å². The van der Waals surface area contributed by atoms with Crippen molar-refractivity contribution in [2.45, 2.75) is 6.54 Å². The molecule has 4 rings (SSSR count). The minimum absolute atomic E-state index is 0.0977. The molecule has 3 heterocycles. The van der Waals surface area contributed by atoms with Gasteiger partial charge >= 0.3 is 0 Å². The average molecular weight is 331 g/mol. The normalized spacial score (nSPS) is 10.9. The fraction of sp³-hybridized carbons (Fsp3) is 0.105. The molecule has 0 aliphatic carbocycles. The smallest absolute Gasteiger partial charge is 0.251 e. The van der Waals surface area contributed by atoms with E-state index in [1.54, 1.807) is 17.1 Å². The number of benzene rings is 1. The number of aromatic amines is 1. The second-order valence-corrected chi connectivity index (χ2v) is 5.92. The van der Waals surface area contributed by atoms with Gasteiger partial charge in [-0.3, -0.25) is 14.5 Å². The number of amides is 1. The molecule has 6 nitrogen and oxygen atoms in total. The lowest BCUT2D eigenvalue weighted by Crippen LogP contribution is -2.22. The van der Waals surface area contributed by atoms with Crippen molar-refractivity contribution in [1.82, 2.24) is 25.1 Å². The lowest BCUT2D eigenvalue weighted by Gasteiger charge is -2.06. The van der Waals surface area contributed by atoms with Crippen LogP contribution >= 0.6 is 0 Å². The molecule has 1 amide bonds. The van der Waals surface area contributed by atoms with E-state index in [9.17, 15) is 4.79 Å². The topological polar surface area (TPSA) is 75.6 Å². The fourth-order valence-corrected chi connectivity index (χ4v) is 2.73. The molecule has 0 fully saturated rings. The molecule has 1 aromatic carbocycles. The van der Waals surface area contributed by atoms with Crippen LogP contribution in [-0.4, -0.2) is 25.7 Å². The summed E-state index contributed by atoms with van der Waals surface area (Å²) in [6.07, 6.45) is 7.33. The van der Waals surface area contributed by atoms with E-state index in [0.29, 0.717) is 12.1 Å². The molecule has 2 N–H and O–H groups in total. The average Bonchev–Trinajstić information content (AvgIpc) is 3.28. The number of aromatic nitrogens is 4. The van der Waals surface area contributed by atoms with Crippen molar-refractivity contribution in [3.05, 3.63) is 72.3 Å². The van der Waals surface area contributed by atoms with E-state index < -0.39 is 0 Å². The highest BCUT2D eigenvalue weighted by Crippen LogP contribution is 2.16. The van der Waals surface area contributed by atoms with Crippen molar-refractivity contribution in [1.29, 1.82) is 0 Å². The van der Waals surface area contributed by atoms with E-state index in [2.05, 4.69) is 20.4 Å². The number of aryl methyl sites for hydroxylation is 1. The Morgan fingerprint density at radius 2 is 2.12 bits per heavy atom. The summed E-state index contributed by atoms with van der Waals surface area (Å²) in [4.78, 5) is 19.9. The van der Waals surface area contributed by atoms with Gasteiger partial charge in [-0.05, 0) is 35.9 Å². The first-order valence-electron chi connectivity index (χ1n) is 7.98. The third kappa shape index (κ3) is 3.14. The van der Waals surface area contributed by atoms with Crippen LogP contribution in [0.15, 0.2) is 61.2 Å². The fourth-order valence-electron chi connectivity index (χ4n) is 2.73. The van der Waals surface area contributed by atoms with Gasteiger partial charge in [-0.15, -0.1) is 0 Å². The van der Waals surface area contributed by atoms with Gasteiger partial charge in [-0.2, -0.15) is 5.10 Å². The summed E-state index contributed by atoms with van der Waals surface area (Å²) in [6, 6.07) is 11.5. The largest absolute Gasteiger partial charge is 0.361 e. The molecule has 0 atom stereocenters. The van der Waals surface area contributed by atoms with E-state index >= 15 is 0 Å². The zero-order chi connectivity index (χ0) is 17.2. The molecule has 0 saturated carbocycles. The van der Waals surface area contributed by atoms with Crippen LogP contribution < -0.4 is 5.32 Å². The number of carbonyl (C=O) groups is 1. The van der Waals surface area contributed by atoms with E-state index in [4.69, 9.17) is 0 Å². The van der Waals surface area contributed by atoms with Crippen LogP contribution in [0.5, 0.6) is 0 Å². The van der Waals surface area contributed by atoms with Crippen LogP contribution in [0.2, 0.25) is 0 Å². The molecule has 3 aromatic heterocycles. The molecule has 6 heteroatoms. The van der Waals surface area contributed by atoms with Crippen LogP contribution in [-0.2, 0) is 13.6 Å². The Morgan fingerprint density at radius 1 is 1.20 bits per heavy atom. The highest BCUT2D eigenvalue weighted by Gasteiger charge is 2.07. The third-order valence-electron chi connectivity index (χ3n) is 4.09. The molecule has 0 unspecified atom stereocenters. The summed E-state index contributed by atoms with van der Waals surface area (Å²) < 4.78 is 1.74. The molecule has 0 aliphatic rings. The number of nitrogens with zero attached hydrogens (tertiary/aromatic N) is 3. The lowest BCUT2D eigenvalue weighted by atomic mass is 10.1. The van der Waals surface area contributed by atoms with Gasteiger partial charge in [-0.25, -0.2) is 0 Å². The van der Waals surface area contributed by atoms with E-state index in [1.807, 2.05) is 55.8 Å². The Morgan fingerprint density at radius 3 is 2.88 bits per heavy atom. The van der Waals surface area contributed by atoms with Crippen LogP contribution in [0, 0.1) is 0 Å². The SMILES string of the molecule is Cn1cc(-c2ccc(CNC(=O)c3ccc4[nH]ccc4c3)cn2)cn1. The van der Waals surface area contributed by atoms with Gasteiger partial charge in [0.1, 0.15) is 0 Å². The Labute approximate surface area is 144 Å². The second kappa shape index (κ2) is 6.24. The molecule has 4 aromatic rings. The number of fused-ring (bicyclic) bond motifs is 1. The van der Waals surface area contributed by atoms with Crippen molar-refractivity contribution < 1.29 is 4.79 Å². The van der Waals surface area contributed by atoms with Crippen molar-refractivity contribution >= 4 is 16.8 Å². The van der Waals surface area contributed by atoms with Gasteiger partial charge < -0.3 is 10.3 Å². The first-order chi connectivity index (χ1) is 12.2. The van der Waals surface area contributed by atoms with Gasteiger partial charge in [0.25, 0.3) is 5.91 Å². The van der Waals surface area contributed by atoms with Gasteiger partial charge in [0, 0.05) is 54.2 Å². The molecule has 0 aliphatic heterocycles. The number of rotatable bonds is 4. The summed E-state index contributed by atoms with van der Waals surface area (Å²) in [6.45, 7) is 0.435. The number of hydrogen-bond acceptors (Lipinski definition) is 3. The number of pyridine rings is 1. The van der Waals surface area contributed by atoms with Gasteiger partial charge in [-0.1, -0.05) is 6.07 Å². The molecule has 25 heavy (non-hydrogen) atoms. The van der Waals surface area contributed by atoms with Crippen molar-refractivity contribution in [3.63, 3.8) is 0 Å². The summed E-state index contributed by atoms with van der Waals surface area (Å²) in [5.74, 6) is -0.0977. The summed E-state index contributed by atoms with van der Waals surface area (Å²) in [5.41, 5.74) is 4.45. The molecule has 0 radical (unpaired) electrons. The van der Waals surface area contributed by atoms with E-state index in [0.717, 1.165) is 27.7 Å². The van der Waals surface area contributed by atoms with Crippen LogP contribution in [0.25, 0.3) is 22.2 Å². The van der Waals surface area contributed by atoms with Crippen molar-refractivity contribution in [3.8, 4) is 11.3 Å². The number of carbonyl (C=O) groups excluding carboxylic acids is 1. The van der Waals surface area contributed by atoms with E-state index in [-0.39, 0.29) is 5.91 Å². The van der Waals surface area contributed by atoms with E-state index in [1.165, 1.54) is 0 Å². The molecular weight excluding hydrogens is 314 g/mol. The highest BCUT2D eigenvalue weighted by molar-refractivity contribution is 5.98. The molecule has 124 valence electrons. The Balaban J connectivity index is 1.42. The van der Waals surface area contributed by atoms with Gasteiger partial charge in [0.15, 0.2) is 0 Å². The second-order valence-electron chi connectivity index (χ2n) is 5.92. The zero-order valence-electron chi connectivity index (χ0n) is 13.7. The summed E-state index contributed by atoms with van der Waals surface area (Å²) in [7, 11) is 1.87. The lowest BCUT2D eigenvalue weighted by molar-refractivity contribution is 0.0951. The standard InChI is InChI=1S/C19H17N5O/c1-24-12-16(11-23-24)18-4-2-13(9-21-18)10-22-19(25)15-3-5-17-14(8-15)6-7-20-17/h2-9,11-12,20H,10H2,1H3,(H,22,25). The third-order valence-corrected chi connectivity index (χ3v) is 4.09. The molecule has 0 spiro atoms. The highest BCUT2D eigenvalue weighted by atomic mass is 16.1. The predicted molar refractivity (Wildman–Crippen MR) is 95.9 cm³/mol. The monoisotopic (exact) mass is 331 g/mol. The van der Waals surface area contributed by atoms with Crippen LogP contribution in [0.1, 0.15) is 15.9 Å². The Kier molecular flexibility index (Phi) is 3.78. The molecule has 0 saturated heterocycles. The minimum Gasteiger partial charge on any atom is -0.361 e. The number of nitrogens with one attached hydrogen (secondary N) is 2. The zero-order valence-corrected chi connectivity index (χ0v) is 13.7.